The Hall–Kier alpha value is -2.46. The number of aromatic nitrogens is 1. The van der Waals surface area contributed by atoms with Gasteiger partial charge in [-0.15, -0.1) is 11.3 Å². The number of hydrogen-bond donors (Lipinski definition) is 1. The lowest BCUT2D eigenvalue weighted by molar-refractivity contribution is 1.18. The summed E-state index contributed by atoms with van der Waals surface area (Å²) in [5.74, 6) is 5.49. The summed E-state index contributed by atoms with van der Waals surface area (Å²) in [6.07, 6.45) is 2.46. The Bertz CT molecular complexity index is 716. The first kappa shape index (κ1) is 13.5. The minimum Gasteiger partial charge on any atom is -0.323 e. The van der Waals surface area contributed by atoms with Crippen molar-refractivity contribution < 1.29 is 0 Å². The first-order valence-corrected chi connectivity index (χ1v) is 7.56. The molecule has 0 aliphatic carbocycles. The molecule has 0 atom stereocenters. The molecule has 2 aromatic carbocycles. The molecule has 0 saturated heterocycles. The third-order valence-corrected chi connectivity index (χ3v) is 4.09. The molecule has 0 fully saturated rings. The van der Waals surface area contributed by atoms with Gasteiger partial charge in [0.2, 0.25) is 0 Å². The van der Waals surface area contributed by atoms with E-state index in [-0.39, 0.29) is 0 Å². The summed E-state index contributed by atoms with van der Waals surface area (Å²) in [5, 5.41) is 6.68. The van der Waals surface area contributed by atoms with E-state index in [1.807, 2.05) is 23.6 Å². The maximum absolute atomic E-state index is 5.49. The lowest BCUT2D eigenvalue weighted by Crippen LogP contribution is -2.07. The number of thiazole rings is 1. The first-order valence-electron chi connectivity index (χ1n) is 6.68. The zero-order valence-corrected chi connectivity index (χ0v) is 12.3. The van der Waals surface area contributed by atoms with Crippen molar-refractivity contribution in [1.29, 1.82) is 0 Å². The van der Waals surface area contributed by atoms with Crippen LogP contribution in [0.3, 0.4) is 0 Å². The van der Waals surface area contributed by atoms with E-state index in [1.54, 1.807) is 17.5 Å². The molecular formula is C17H15N3S. The molecule has 1 aromatic heterocycles. The van der Waals surface area contributed by atoms with E-state index in [2.05, 4.69) is 46.5 Å². The largest absolute Gasteiger partial charge is 0.323 e. The lowest BCUT2D eigenvalue weighted by Gasteiger charge is -2.05. The summed E-state index contributed by atoms with van der Waals surface area (Å²) in [7, 11) is 0. The monoisotopic (exact) mass is 293 g/mol. The van der Waals surface area contributed by atoms with Crippen LogP contribution in [0.15, 0.2) is 71.3 Å². The first-order chi connectivity index (χ1) is 10.4. The van der Waals surface area contributed by atoms with Crippen molar-refractivity contribution in [2.45, 2.75) is 6.42 Å². The molecule has 2 N–H and O–H groups in total. The summed E-state index contributed by atoms with van der Waals surface area (Å²) in [6.45, 7) is 0. The highest BCUT2D eigenvalue weighted by Gasteiger charge is 2.08. The summed E-state index contributed by atoms with van der Waals surface area (Å²) in [5.41, 5.74) is 4.42. The van der Waals surface area contributed by atoms with Crippen LogP contribution >= 0.6 is 11.3 Å². The molecule has 0 spiro atoms. The van der Waals surface area contributed by atoms with Gasteiger partial charge in [-0.2, -0.15) is 5.10 Å². The van der Waals surface area contributed by atoms with Crippen LogP contribution in [0.4, 0.5) is 0 Å². The molecule has 1 heterocycles. The maximum atomic E-state index is 5.49. The van der Waals surface area contributed by atoms with Gasteiger partial charge < -0.3 is 5.84 Å². The van der Waals surface area contributed by atoms with E-state index in [9.17, 15) is 0 Å². The fraction of sp³-hybridized carbons (Fsp3) is 0.0588. The highest BCUT2D eigenvalue weighted by molar-refractivity contribution is 7.11. The topological polar surface area (TPSA) is 51.3 Å². The minimum atomic E-state index is 0.694. The molecule has 3 aromatic rings. The summed E-state index contributed by atoms with van der Waals surface area (Å²) in [6, 6.07) is 18.8. The highest BCUT2D eigenvalue weighted by atomic mass is 32.1. The molecule has 3 nitrogen and oxygen atoms in total. The zero-order valence-electron chi connectivity index (χ0n) is 11.4. The van der Waals surface area contributed by atoms with Crippen molar-refractivity contribution in [1.82, 2.24) is 4.98 Å². The van der Waals surface area contributed by atoms with E-state index in [4.69, 9.17) is 5.84 Å². The van der Waals surface area contributed by atoms with Gasteiger partial charge in [0, 0.05) is 18.0 Å². The van der Waals surface area contributed by atoms with Gasteiger partial charge in [-0.05, 0) is 16.7 Å². The maximum Gasteiger partial charge on any atom is 0.139 e. The molecule has 0 amide bonds. The highest BCUT2D eigenvalue weighted by Crippen LogP contribution is 2.20. The van der Waals surface area contributed by atoms with Crippen molar-refractivity contribution in [3.63, 3.8) is 0 Å². The van der Waals surface area contributed by atoms with Crippen LogP contribution in [0.1, 0.15) is 10.6 Å². The molecule has 21 heavy (non-hydrogen) atoms. The Kier molecular flexibility index (Phi) is 4.07. The van der Waals surface area contributed by atoms with Crippen LogP contribution in [-0.2, 0) is 6.42 Å². The second-order valence-corrected chi connectivity index (χ2v) is 5.55. The third-order valence-electron chi connectivity index (χ3n) is 3.27. The molecule has 3 rings (SSSR count). The minimum absolute atomic E-state index is 0.694. The second kappa shape index (κ2) is 6.33. The van der Waals surface area contributed by atoms with E-state index in [0.29, 0.717) is 6.42 Å². The molecule has 0 aliphatic rings. The van der Waals surface area contributed by atoms with Crippen LogP contribution in [0, 0.1) is 0 Å². The Labute approximate surface area is 127 Å². The number of nitrogens with zero attached hydrogens (tertiary/aromatic N) is 2. The molecule has 0 unspecified atom stereocenters. The number of hydrazone groups is 1. The van der Waals surface area contributed by atoms with Crippen LogP contribution in [-0.4, -0.2) is 10.7 Å². The van der Waals surface area contributed by atoms with Gasteiger partial charge in [0.15, 0.2) is 0 Å². The molecule has 4 heteroatoms. The van der Waals surface area contributed by atoms with Crippen molar-refractivity contribution in [2.24, 2.45) is 10.9 Å². The Morgan fingerprint density at radius 1 is 1.00 bits per heavy atom. The van der Waals surface area contributed by atoms with Gasteiger partial charge >= 0.3 is 0 Å². The van der Waals surface area contributed by atoms with Gasteiger partial charge in [-0.1, -0.05) is 54.6 Å². The zero-order chi connectivity index (χ0) is 14.5. The van der Waals surface area contributed by atoms with Crippen molar-refractivity contribution in [3.8, 4) is 11.1 Å². The lowest BCUT2D eigenvalue weighted by atomic mass is 10.0. The average molecular weight is 293 g/mol. The number of rotatable bonds is 4. The molecule has 104 valence electrons. The van der Waals surface area contributed by atoms with Gasteiger partial charge in [-0.25, -0.2) is 4.98 Å². The van der Waals surface area contributed by atoms with Crippen LogP contribution < -0.4 is 5.84 Å². The van der Waals surface area contributed by atoms with E-state index in [1.165, 1.54) is 16.7 Å². The van der Waals surface area contributed by atoms with E-state index >= 15 is 0 Å². The van der Waals surface area contributed by atoms with Crippen LogP contribution in [0.5, 0.6) is 0 Å². The van der Waals surface area contributed by atoms with Crippen LogP contribution in [0.2, 0.25) is 0 Å². The Morgan fingerprint density at radius 2 is 1.71 bits per heavy atom. The van der Waals surface area contributed by atoms with Crippen molar-refractivity contribution in [2.75, 3.05) is 0 Å². The van der Waals surface area contributed by atoms with Gasteiger partial charge in [-0.3, -0.25) is 0 Å². The summed E-state index contributed by atoms with van der Waals surface area (Å²) < 4.78 is 0. The smallest absolute Gasteiger partial charge is 0.139 e. The van der Waals surface area contributed by atoms with Gasteiger partial charge in [0.25, 0.3) is 0 Å². The van der Waals surface area contributed by atoms with Crippen molar-refractivity contribution in [3.05, 3.63) is 76.7 Å². The molecule has 0 bridgehead atoms. The predicted molar refractivity (Wildman–Crippen MR) is 88.4 cm³/mol. The standard InChI is InChI=1S/C17H15N3S/c18-20-16(17-19-10-11-21-17)12-13-6-8-15(9-7-13)14-4-2-1-3-5-14/h1-11H,12,18H2/b20-16-. The quantitative estimate of drug-likeness (QED) is 0.453. The normalized spacial score (nSPS) is 11.5. The molecule has 0 radical (unpaired) electrons. The Balaban J connectivity index is 1.79. The summed E-state index contributed by atoms with van der Waals surface area (Å²) in [4.78, 5) is 4.26. The predicted octanol–water partition coefficient (Wildman–Crippen LogP) is 3.72. The molecular weight excluding hydrogens is 278 g/mol. The third kappa shape index (κ3) is 3.17. The number of benzene rings is 2. The SMILES string of the molecule is N/N=C(/Cc1ccc(-c2ccccc2)cc1)c1nccs1. The van der Waals surface area contributed by atoms with Crippen molar-refractivity contribution >= 4 is 17.0 Å². The fourth-order valence-electron chi connectivity index (χ4n) is 2.18. The van der Waals surface area contributed by atoms with Gasteiger partial charge in [0.05, 0.1) is 0 Å². The average Bonchev–Trinajstić information content (AvgIpc) is 3.08. The summed E-state index contributed by atoms with van der Waals surface area (Å²) >= 11 is 1.55. The molecule has 0 saturated carbocycles. The number of nitrogens with two attached hydrogens (primary N) is 1. The Morgan fingerprint density at radius 3 is 2.33 bits per heavy atom. The number of hydrogen-bond acceptors (Lipinski definition) is 4. The fourth-order valence-corrected chi connectivity index (χ4v) is 2.81. The van der Waals surface area contributed by atoms with Gasteiger partial charge in [0.1, 0.15) is 10.7 Å². The second-order valence-electron chi connectivity index (χ2n) is 4.65. The van der Waals surface area contributed by atoms with E-state index < -0.39 is 0 Å². The molecule has 0 aliphatic heterocycles. The van der Waals surface area contributed by atoms with Crippen LogP contribution in [0.25, 0.3) is 11.1 Å². The van der Waals surface area contributed by atoms with E-state index in [0.717, 1.165) is 10.7 Å².